The van der Waals surface area contributed by atoms with E-state index < -0.39 is 0 Å². The van der Waals surface area contributed by atoms with Crippen molar-refractivity contribution in [3.8, 4) is 0 Å². The van der Waals surface area contributed by atoms with Crippen LogP contribution in [0.2, 0.25) is 0 Å². The van der Waals surface area contributed by atoms with Gasteiger partial charge in [0.2, 0.25) is 0 Å². The van der Waals surface area contributed by atoms with Crippen LogP contribution in [0.3, 0.4) is 0 Å². The average molecular weight is 381 g/mol. The van der Waals surface area contributed by atoms with Crippen molar-refractivity contribution in [2.75, 3.05) is 31.1 Å². The molecule has 1 amide bonds. The summed E-state index contributed by atoms with van der Waals surface area (Å²) in [5.74, 6) is 3.31. The Morgan fingerprint density at radius 3 is 2.43 bits per heavy atom. The van der Waals surface area contributed by atoms with Gasteiger partial charge in [0.1, 0.15) is 17.9 Å². The lowest BCUT2D eigenvalue weighted by atomic mass is 9.92. The molecule has 28 heavy (non-hydrogen) atoms. The quantitative estimate of drug-likeness (QED) is 0.814. The van der Waals surface area contributed by atoms with Crippen LogP contribution in [0.4, 0.5) is 5.82 Å². The first-order valence-electron chi connectivity index (χ1n) is 10.2. The first-order valence-corrected chi connectivity index (χ1v) is 10.2. The highest BCUT2D eigenvalue weighted by Gasteiger charge is 2.43. The number of hydrogen-bond acceptors (Lipinski definition) is 6. The Labute approximate surface area is 165 Å². The van der Waals surface area contributed by atoms with E-state index in [0.29, 0.717) is 23.4 Å². The van der Waals surface area contributed by atoms with Crippen molar-refractivity contribution in [2.24, 2.45) is 11.8 Å². The lowest BCUT2D eigenvalue weighted by molar-refractivity contribution is 0.0772. The summed E-state index contributed by atoms with van der Waals surface area (Å²) in [5.41, 5.74) is 1.53. The average Bonchev–Trinajstić information content (AvgIpc) is 3.09. The van der Waals surface area contributed by atoms with Crippen molar-refractivity contribution in [2.45, 2.75) is 44.9 Å². The molecule has 0 spiro atoms. The molecular weight excluding hydrogens is 354 g/mol. The fourth-order valence-electron chi connectivity index (χ4n) is 4.39. The van der Waals surface area contributed by atoms with E-state index in [9.17, 15) is 4.79 Å². The highest BCUT2D eigenvalue weighted by Crippen LogP contribution is 2.40. The summed E-state index contributed by atoms with van der Waals surface area (Å²) in [7, 11) is 0. The van der Waals surface area contributed by atoms with Gasteiger partial charge in [-0.3, -0.25) is 4.79 Å². The van der Waals surface area contributed by atoms with Crippen molar-refractivity contribution in [3.05, 3.63) is 35.6 Å². The molecule has 0 N–H and O–H groups in total. The van der Waals surface area contributed by atoms with Gasteiger partial charge in [0, 0.05) is 61.5 Å². The van der Waals surface area contributed by atoms with Crippen molar-refractivity contribution < 1.29 is 9.32 Å². The van der Waals surface area contributed by atoms with E-state index in [-0.39, 0.29) is 11.3 Å². The minimum atomic E-state index is 0.00736. The number of likely N-dealkylation sites (tertiary alicyclic amines) is 1. The van der Waals surface area contributed by atoms with Crippen LogP contribution < -0.4 is 4.90 Å². The molecule has 5 rings (SSSR count). The second-order valence-corrected chi connectivity index (χ2v) is 9.54. The first-order chi connectivity index (χ1) is 13.4. The Morgan fingerprint density at radius 1 is 1.07 bits per heavy atom. The number of amides is 1. The lowest BCUT2D eigenvalue weighted by Crippen LogP contribution is -2.33. The molecule has 2 aromatic heterocycles. The van der Waals surface area contributed by atoms with E-state index >= 15 is 0 Å². The minimum absolute atomic E-state index is 0.00736. The summed E-state index contributed by atoms with van der Waals surface area (Å²) in [5, 5.41) is 4.02. The summed E-state index contributed by atoms with van der Waals surface area (Å²) in [4.78, 5) is 26.0. The maximum atomic E-state index is 12.8. The number of aromatic nitrogens is 3. The number of nitrogens with zero attached hydrogens (tertiary/aromatic N) is 5. The first kappa shape index (κ1) is 17.6. The molecule has 3 fully saturated rings. The van der Waals surface area contributed by atoms with Crippen molar-refractivity contribution in [3.63, 3.8) is 0 Å². The Balaban J connectivity index is 1.24. The van der Waals surface area contributed by atoms with Crippen LogP contribution in [-0.2, 0) is 5.41 Å². The Hall–Kier alpha value is -2.44. The fraction of sp³-hybridized carbons (Fsp3) is 0.619. The summed E-state index contributed by atoms with van der Waals surface area (Å²) in [6.45, 7) is 9.92. The van der Waals surface area contributed by atoms with Gasteiger partial charge in [0.25, 0.3) is 5.91 Å². The van der Waals surface area contributed by atoms with Crippen LogP contribution >= 0.6 is 0 Å². The molecule has 7 nitrogen and oxygen atoms in total. The predicted octanol–water partition coefficient (Wildman–Crippen LogP) is 2.85. The number of carbonyl (C=O) groups is 1. The van der Waals surface area contributed by atoms with Gasteiger partial charge in [-0.15, -0.1) is 0 Å². The Bertz CT molecular complexity index is 884. The maximum Gasteiger partial charge on any atom is 0.276 e. The Morgan fingerprint density at radius 2 is 1.79 bits per heavy atom. The molecule has 148 valence electrons. The lowest BCUT2D eigenvalue weighted by Gasteiger charge is -2.24. The van der Waals surface area contributed by atoms with Crippen LogP contribution in [-0.4, -0.2) is 52.1 Å². The SMILES string of the molecule is CC(C)(C)c1cc(N2CC3CN(C(=O)c4cc(C5CC5)on4)CC3C2)ncn1. The van der Waals surface area contributed by atoms with Crippen molar-refractivity contribution >= 4 is 11.7 Å². The maximum absolute atomic E-state index is 12.8. The summed E-state index contributed by atoms with van der Waals surface area (Å²) < 4.78 is 5.36. The number of rotatable bonds is 3. The van der Waals surface area contributed by atoms with E-state index in [4.69, 9.17) is 4.52 Å². The molecule has 0 aromatic carbocycles. The largest absolute Gasteiger partial charge is 0.360 e. The smallest absolute Gasteiger partial charge is 0.276 e. The van der Waals surface area contributed by atoms with E-state index in [0.717, 1.165) is 56.3 Å². The predicted molar refractivity (Wildman–Crippen MR) is 104 cm³/mol. The third-order valence-electron chi connectivity index (χ3n) is 6.25. The van der Waals surface area contributed by atoms with Gasteiger partial charge in [-0.2, -0.15) is 0 Å². The van der Waals surface area contributed by atoms with Crippen LogP contribution in [0, 0.1) is 11.8 Å². The fourth-order valence-corrected chi connectivity index (χ4v) is 4.39. The van der Waals surface area contributed by atoms with Gasteiger partial charge < -0.3 is 14.3 Å². The molecule has 3 aliphatic rings. The van der Waals surface area contributed by atoms with Crippen LogP contribution in [0.5, 0.6) is 0 Å². The van der Waals surface area contributed by atoms with Crippen LogP contribution in [0.15, 0.2) is 23.0 Å². The minimum Gasteiger partial charge on any atom is -0.360 e. The number of anilines is 1. The molecule has 0 bridgehead atoms. The molecule has 2 aromatic rings. The molecule has 2 atom stereocenters. The second-order valence-electron chi connectivity index (χ2n) is 9.54. The summed E-state index contributed by atoms with van der Waals surface area (Å²) in [6, 6.07) is 3.95. The molecule has 0 radical (unpaired) electrons. The van der Waals surface area contributed by atoms with Gasteiger partial charge >= 0.3 is 0 Å². The molecule has 7 heteroatoms. The van der Waals surface area contributed by atoms with Gasteiger partial charge in [-0.05, 0) is 12.8 Å². The number of hydrogen-bond donors (Lipinski definition) is 0. The Kier molecular flexibility index (Phi) is 3.96. The summed E-state index contributed by atoms with van der Waals surface area (Å²) >= 11 is 0. The third kappa shape index (κ3) is 3.16. The molecule has 1 saturated carbocycles. The molecule has 2 aliphatic heterocycles. The van der Waals surface area contributed by atoms with Gasteiger partial charge in [-0.1, -0.05) is 25.9 Å². The van der Waals surface area contributed by atoms with Crippen LogP contribution in [0.25, 0.3) is 0 Å². The molecule has 4 heterocycles. The highest BCUT2D eigenvalue weighted by molar-refractivity contribution is 5.92. The zero-order chi connectivity index (χ0) is 19.5. The zero-order valence-corrected chi connectivity index (χ0v) is 16.8. The van der Waals surface area contributed by atoms with Crippen LogP contribution in [0.1, 0.15) is 61.5 Å². The normalized spacial score (nSPS) is 24.7. The van der Waals surface area contributed by atoms with Gasteiger partial charge in [0.05, 0.1) is 5.69 Å². The molecule has 2 unspecified atom stereocenters. The summed E-state index contributed by atoms with van der Waals surface area (Å²) in [6.07, 6.45) is 3.96. The van der Waals surface area contributed by atoms with E-state index in [1.807, 2.05) is 11.0 Å². The van der Waals surface area contributed by atoms with Gasteiger partial charge in [0.15, 0.2) is 5.69 Å². The third-order valence-corrected chi connectivity index (χ3v) is 6.25. The second kappa shape index (κ2) is 6.29. The van der Waals surface area contributed by atoms with Gasteiger partial charge in [-0.25, -0.2) is 9.97 Å². The topological polar surface area (TPSA) is 75.4 Å². The van der Waals surface area contributed by atoms with E-state index in [2.05, 4.69) is 46.9 Å². The van der Waals surface area contributed by atoms with E-state index in [1.165, 1.54) is 0 Å². The molecular formula is C21H27N5O2. The monoisotopic (exact) mass is 381 g/mol. The molecule has 1 aliphatic carbocycles. The van der Waals surface area contributed by atoms with Crippen molar-refractivity contribution in [1.29, 1.82) is 0 Å². The van der Waals surface area contributed by atoms with Crippen molar-refractivity contribution in [1.82, 2.24) is 20.0 Å². The highest BCUT2D eigenvalue weighted by atomic mass is 16.5. The number of carbonyl (C=O) groups excluding carboxylic acids is 1. The molecule has 2 saturated heterocycles. The van der Waals surface area contributed by atoms with E-state index in [1.54, 1.807) is 6.33 Å². The zero-order valence-electron chi connectivity index (χ0n) is 16.8. The number of fused-ring (bicyclic) bond motifs is 1. The standard InChI is InChI=1S/C21H27N5O2/c1-21(2,3)18-7-19(23-12-22-18)25-8-14-10-26(11-15(14)9-25)20(27)16-6-17(28-24-16)13-4-5-13/h6-7,12-15H,4-5,8-11H2,1-3H3.